The zero-order valence-electron chi connectivity index (χ0n) is 17.9. The minimum atomic E-state index is -0.836. The van der Waals surface area contributed by atoms with Crippen LogP contribution in [-0.4, -0.2) is 47.1 Å². The number of fused-ring (bicyclic) bond motifs is 3. The molecule has 0 spiro atoms. The van der Waals surface area contributed by atoms with Crippen LogP contribution < -0.4 is 0 Å². The highest BCUT2D eigenvalue weighted by Crippen LogP contribution is 2.68. The third-order valence-electron chi connectivity index (χ3n) is 5.15. The Kier molecular flexibility index (Phi) is 4.94. The molecule has 0 aliphatic rings. The quantitative estimate of drug-likeness (QED) is 0.353. The van der Waals surface area contributed by atoms with Gasteiger partial charge in [-0.2, -0.15) is 0 Å². The fourth-order valence-electron chi connectivity index (χ4n) is 4.48. The van der Waals surface area contributed by atoms with Crippen molar-refractivity contribution in [3.8, 4) is 5.82 Å². The van der Waals surface area contributed by atoms with Crippen molar-refractivity contribution in [2.75, 3.05) is 37.5 Å². The molecule has 5 heteroatoms. The van der Waals surface area contributed by atoms with Crippen molar-refractivity contribution in [2.24, 2.45) is 0 Å². The van der Waals surface area contributed by atoms with E-state index in [0.717, 1.165) is 27.6 Å². The molecule has 0 radical (unpaired) electrons. The van der Waals surface area contributed by atoms with Gasteiger partial charge in [0.15, 0.2) is 0 Å². The molecule has 0 fully saturated rings. The number of benzene rings is 2. The van der Waals surface area contributed by atoms with Gasteiger partial charge in [-0.25, -0.2) is 29.4 Å². The van der Waals surface area contributed by atoms with Crippen LogP contribution in [0.2, 0.25) is 0 Å². The summed E-state index contributed by atoms with van der Waals surface area (Å²) in [7, 11) is -1.67. The fraction of sp³-hybridized carbons (Fsp3) is 0.292. The van der Waals surface area contributed by atoms with Crippen LogP contribution in [0.1, 0.15) is 10.3 Å². The number of rotatable bonds is 4. The summed E-state index contributed by atoms with van der Waals surface area (Å²) in [6, 6.07) is 19.5. The van der Waals surface area contributed by atoms with E-state index in [1.165, 1.54) is 11.8 Å². The Balaban J connectivity index is 1.99. The first kappa shape index (κ1) is 20.3. The van der Waals surface area contributed by atoms with E-state index in [1.807, 2.05) is 18.2 Å². The SMILES string of the molecule is CS(C)(C)C(c1cccc(-n2c3ccccc3c3cc(F)ccc32)n1)S(C)(C)C. The lowest BCUT2D eigenvalue weighted by atomic mass is 10.1. The molecule has 2 aromatic heterocycles. The summed E-state index contributed by atoms with van der Waals surface area (Å²) in [5.41, 5.74) is 3.21. The molecule has 2 aromatic carbocycles. The Bertz CT molecular complexity index is 1190. The molecule has 4 aromatic rings. The lowest BCUT2D eigenvalue weighted by Crippen LogP contribution is -2.16. The lowest BCUT2D eigenvalue weighted by molar-refractivity contribution is 0.629. The number of hydrogen-bond donors (Lipinski definition) is 0. The van der Waals surface area contributed by atoms with Gasteiger partial charge in [-0.1, -0.05) is 24.3 Å². The number of para-hydroxylation sites is 1. The van der Waals surface area contributed by atoms with E-state index in [0.29, 0.717) is 4.58 Å². The highest BCUT2D eigenvalue weighted by Gasteiger charge is 2.31. The van der Waals surface area contributed by atoms with Crippen LogP contribution in [0.4, 0.5) is 4.39 Å². The predicted octanol–water partition coefficient (Wildman–Crippen LogP) is 6.70. The molecule has 29 heavy (non-hydrogen) atoms. The van der Waals surface area contributed by atoms with Crippen LogP contribution in [0.15, 0.2) is 60.7 Å². The summed E-state index contributed by atoms with van der Waals surface area (Å²) < 4.78 is 16.6. The van der Waals surface area contributed by atoms with Crippen molar-refractivity contribution < 1.29 is 4.39 Å². The summed E-state index contributed by atoms with van der Waals surface area (Å²) in [4.78, 5) is 5.18. The largest absolute Gasteiger partial charge is 0.294 e. The Labute approximate surface area is 175 Å². The molecule has 0 aliphatic heterocycles. The van der Waals surface area contributed by atoms with E-state index in [-0.39, 0.29) is 5.82 Å². The fourth-order valence-corrected chi connectivity index (χ4v) is 13.1. The molecule has 0 unspecified atom stereocenters. The van der Waals surface area contributed by atoms with Crippen molar-refractivity contribution in [2.45, 2.75) is 4.58 Å². The first-order chi connectivity index (χ1) is 13.6. The van der Waals surface area contributed by atoms with Gasteiger partial charge in [-0.3, -0.25) is 4.57 Å². The maximum absolute atomic E-state index is 14.0. The minimum absolute atomic E-state index is 0.213. The van der Waals surface area contributed by atoms with Gasteiger partial charge in [0, 0.05) is 10.8 Å². The summed E-state index contributed by atoms with van der Waals surface area (Å²) in [5, 5.41) is 1.97. The normalized spacial score (nSPS) is 14.1. The third kappa shape index (κ3) is 3.66. The maximum atomic E-state index is 14.0. The summed E-state index contributed by atoms with van der Waals surface area (Å²) >= 11 is 0. The predicted molar refractivity (Wildman–Crippen MR) is 132 cm³/mol. The van der Waals surface area contributed by atoms with Crippen molar-refractivity contribution in [3.63, 3.8) is 0 Å². The molecule has 2 nitrogen and oxygen atoms in total. The first-order valence-electron chi connectivity index (χ1n) is 9.58. The average molecular weight is 429 g/mol. The van der Waals surface area contributed by atoms with E-state index in [4.69, 9.17) is 4.98 Å². The second kappa shape index (κ2) is 7.06. The second-order valence-corrected chi connectivity index (χ2v) is 18.1. The smallest absolute Gasteiger partial charge is 0.137 e. The van der Waals surface area contributed by atoms with Crippen LogP contribution in [-0.2, 0) is 0 Å². The Morgan fingerprint density at radius 3 is 2.10 bits per heavy atom. The molecule has 0 aliphatic carbocycles. The van der Waals surface area contributed by atoms with E-state index in [2.05, 4.69) is 72.4 Å². The monoisotopic (exact) mass is 428 g/mol. The summed E-state index contributed by atoms with van der Waals surface area (Å²) in [5.74, 6) is 0.687. The van der Waals surface area contributed by atoms with Crippen LogP contribution in [0.3, 0.4) is 0 Å². The average Bonchev–Trinajstić information content (AvgIpc) is 2.93. The molecule has 0 amide bonds. The number of pyridine rings is 1. The molecular formula is C24H29FN2S2. The van der Waals surface area contributed by atoms with Gasteiger partial charge in [0.25, 0.3) is 0 Å². The first-order valence-corrected chi connectivity index (χ1v) is 15.4. The van der Waals surface area contributed by atoms with Gasteiger partial charge in [0.1, 0.15) is 11.6 Å². The number of nitrogens with zero attached hydrogens (tertiary/aromatic N) is 2. The van der Waals surface area contributed by atoms with Crippen LogP contribution in [0.5, 0.6) is 0 Å². The van der Waals surface area contributed by atoms with Crippen LogP contribution >= 0.6 is 20.1 Å². The topological polar surface area (TPSA) is 17.8 Å². The van der Waals surface area contributed by atoms with Crippen molar-refractivity contribution in [1.29, 1.82) is 0 Å². The molecule has 0 atom stereocenters. The lowest BCUT2D eigenvalue weighted by Gasteiger charge is -2.47. The van der Waals surface area contributed by atoms with Crippen molar-refractivity contribution >= 4 is 41.9 Å². The summed E-state index contributed by atoms with van der Waals surface area (Å²) in [6.07, 6.45) is 14.3. The standard InChI is InChI=1S/C24H29FN2S2/c1-28(2,3)24(29(4,5)6)20-11-9-13-23(26-20)27-21-12-8-7-10-18(21)19-16-17(25)14-15-22(19)27/h7-16,24H,1-6H3. The van der Waals surface area contributed by atoms with Crippen LogP contribution in [0, 0.1) is 5.82 Å². The van der Waals surface area contributed by atoms with E-state index >= 15 is 0 Å². The zero-order chi connectivity index (χ0) is 21.0. The van der Waals surface area contributed by atoms with Gasteiger partial charge in [0.2, 0.25) is 0 Å². The Morgan fingerprint density at radius 1 is 0.759 bits per heavy atom. The van der Waals surface area contributed by atoms with Gasteiger partial charge >= 0.3 is 0 Å². The van der Waals surface area contributed by atoms with Gasteiger partial charge in [-0.15, -0.1) is 0 Å². The van der Waals surface area contributed by atoms with Gasteiger partial charge in [-0.05, 0) is 73.9 Å². The number of hydrogen-bond acceptors (Lipinski definition) is 1. The zero-order valence-corrected chi connectivity index (χ0v) is 19.6. The molecule has 154 valence electrons. The van der Waals surface area contributed by atoms with E-state index in [9.17, 15) is 4.39 Å². The highest BCUT2D eigenvalue weighted by molar-refractivity contribution is 8.47. The van der Waals surface area contributed by atoms with Crippen molar-refractivity contribution in [1.82, 2.24) is 9.55 Å². The highest BCUT2D eigenvalue weighted by atomic mass is 32.3. The van der Waals surface area contributed by atoms with E-state index < -0.39 is 20.1 Å². The molecule has 0 N–H and O–H groups in total. The van der Waals surface area contributed by atoms with E-state index in [1.54, 1.807) is 6.07 Å². The molecule has 0 saturated heterocycles. The maximum Gasteiger partial charge on any atom is 0.137 e. The Hall–Kier alpha value is -1.98. The molecule has 0 saturated carbocycles. The number of halogens is 1. The minimum Gasteiger partial charge on any atom is -0.294 e. The van der Waals surface area contributed by atoms with Gasteiger partial charge < -0.3 is 0 Å². The Morgan fingerprint density at radius 2 is 1.41 bits per heavy atom. The molecule has 2 heterocycles. The molecular weight excluding hydrogens is 399 g/mol. The van der Waals surface area contributed by atoms with Crippen molar-refractivity contribution in [3.05, 3.63) is 72.2 Å². The molecule has 0 bridgehead atoms. The molecule has 4 rings (SSSR count). The van der Waals surface area contributed by atoms with Crippen LogP contribution in [0.25, 0.3) is 27.6 Å². The third-order valence-corrected chi connectivity index (χ3v) is 11.7. The summed E-state index contributed by atoms with van der Waals surface area (Å²) in [6.45, 7) is 0. The second-order valence-electron chi connectivity index (χ2n) is 9.13. The number of aromatic nitrogens is 2. The van der Waals surface area contributed by atoms with Gasteiger partial charge in [0.05, 0.1) is 21.3 Å².